The quantitative estimate of drug-likeness (QED) is 0.366. The van der Waals surface area contributed by atoms with Crippen LogP contribution in [0.15, 0.2) is 66.7 Å². The molecule has 0 amide bonds. The molecule has 6 heteroatoms. The summed E-state index contributed by atoms with van der Waals surface area (Å²) in [5.41, 5.74) is 4.65. The number of aromatic hydroxyl groups is 1. The number of hydrogen-bond acceptors (Lipinski definition) is 5. The number of piperidine rings is 2. The number of likely N-dealkylation sites (tertiary alicyclic amines) is 2. The number of benzene rings is 3. The molecule has 212 valence electrons. The highest BCUT2D eigenvalue weighted by atomic mass is 19.1. The van der Waals surface area contributed by atoms with Crippen molar-refractivity contribution in [3.8, 4) is 11.5 Å². The Morgan fingerprint density at radius 1 is 0.825 bits per heavy atom. The standard InChI is InChI=1S/C34H42FN3O2/c35-28-6-8-30(9-7-28)38-21-14-27-25-31(39)10-13-33(27)34(38)24-26-4-11-32(12-5-26)40-23-22-36-19-15-29(16-20-36)37-17-2-1-3-18-37/h4-13,25,29,34,39H,1-3,14-24H2. The Balaban J connectivity index is 1.04. The van der Waals surface area contributed by atoms with Crippen molar-refractivity contribution in [2.24, 2.45) is 0 Å². The molecule has 2 fully saturated rings. The zero-order valence-corrected chi connectivity index (χ0v) is 23.5. The normalized spacial score (nSPS) is 20.8. The molecule has 3 aromatic rings. The number of nitrogens with zero attached hydrogens (tertiary/aromatic N) is 3. The van der Waals surface area contributed by atoms with Crippen molar-refractivity contribution < 1.29 is 14.2 Å². The van der Waals surface area contributed by atoms with Gasteiger partial charge in [0.15, 0.2) is 0 Å². The average Bonchev–Trinajstić information content (AvgIpc) is 2.99. The second kappa shape index (κ2) is 12.6. The molecule has 2 saturated heterocycles. The first-order valence-corrected chi connectivity index (χ1v) is 15.1. The van der Waals surface area contributed by atoms with E-state index in [-0.39, 0.29) is 11.9 Å². The fourth-order valence-electron chi connectivity index (χ4n) is 6.89. The van der Waals surface area contributed by atoms with Gasteiger partial charge in [0.05, 0.1) is 6.04 Å². The van der Waals surface area contributed by atoms with Gasteiger partial charge in [-0.2, -0.15) is 0 Å². The summed E-state index contributed by atoms with van der Waals surface area (Å²) in [6.45, 7) is 7.46. The fourth-order valence-corrected chi connectivity index (χ4v) is 6.89. The Morgan fingerprint density at radius 2 is 1.57 bits per heavy atom. The van der Waals surface area contributed by atoms with Gasteiger partial charge in [-0.05, 0) is 130 Å². The van der Waals surface area contributed by atoms with Crippen molar-refractivity contribution in [1.29, 1.82) is 0 Å². The lowest BCUT2D eigenvalue weighted by molar-refractivity contribution is 0.0858. The summed E-state index contributed by atoms with van der Waals surface area (Å²) in [5, 5.41) is 10.1. The minimum atomic E-state index is -0.222. The Morgan fingerprint density at radius 3 is 2.33 bits per heavy atom. The van der Waals surface area contributed by atoms with Crippen molar-refractivity contribution in [2.45, 2.75) is 57.0 Å². The van der Waals surface area contributed by atoms with Crippen LogP contribution < -0.4 is 9.64 Å². The monoisotopic (exact) mass is 543 g/mol. The molecule has 3 aliphatic heterocycles. The lowest BCUT2D eigenvalue weighted by atomic mass is 9.88. The minimum Gasteiger partial charge on any atom is -0.508 e. The van der Waals surface area contributed by atoms with E-state index in [1.807, 2.05) is 24.3 Å². The van der Waals surface area contributed by atoms with Crippen LogP contribution in [0.1, 0.15) is 54.8 Å². The Bertz CT molecular complexity index is 1240. The molecule has 0 aliphatic carbocycles. The molecule has 0 bridgehead atoms. The zero-order chi connectivity index (χ0) is 27.3. The third-order valence-corrected chi connectivity index (χ3v) is 9.13. The van der Waals surface area contributed by atoms with Crippen LogP contribution >= 0.6 is 0 Å². The lowest BCUT2D eigenvalue weighted by Gasteiger charge is -2.40. The third kappa shape index (κ3) is 6.45. The van der Waals surface area contributed by atoms with Gasteiger partial charge in [-0.25, -0.2) is 4.39 Å². The van der Waals surface area contributed by atoms with Crippen LogP contribution in [0, 0.1) is 5.82 Å². The topological polar surface area (TPSA) is 39.2 Å². The number of phenols is 1. The van der Waals surface area contributed by atoms with Crippen molar-refractivity contribution in [2.75, 3.05) is 50.8 Å². The van der Waals surface area contributed by atoms with Crippen LogP contribution in [-0.4, -0.2) is 66.8 Å². The Hall–Kier alpha value is -3.09. The number of rotatable bonds is 8. The summed E-state index contributed by atoms with van der Waals surface area (Å²) in [6, 6.07) is 21.9. The molecule has 6 rings (SSSR count). The molecular weight excluding hydrogens is 501 g/mol. The SMILES string of the molecule is Oc1ccc2c(c1)CCN(c1ccc(F)cc1)C2Cc1ccc(OCCN2CCC(N3CCCCC3)CC2)cc1. The first-order valence-electron chi connectivity index (χ1n) is 15.1. The molecule has 40 heavy (non-hydrogen) atoms. The fraction of sp³-hybridized carbons (Fsp3) is 0.471. The van der Waals surface area contributed by atoms with E-state index in [1.165, 1.54) is 87.1 Å². The molecule has 3 aromatic carbocycles. The summed E-state index contributed by atoms with van der Waals surface area (Å²) >= 11 is 0. The summed E-state index contributed by atoms with van der Waals surface area (Å²) in [5.74, 6) is 0.997. The summed E-state index contributed by atoms with van der Waals surface area (Å²) in [4.78, 5) is 7.64. The minimum absolute atomic E-state index is 0.106. The molecule has 0 radical (unpaired) electrons. The van der Waals surface area contributed by atoms with Gasteiger partial charge < -0.3 is 19.6 Å². The van der Waals surface area contributed by atoms with Crippen LogP contribution in [0.4, 0.5) is 10.1 Å². The van der Waals surface area contributed by atoms with Gasteiger partial charge in [0.1, 0.15) is 23.9 Å². The van der Waals surface area contributed by atoms with Gasteiger partial charge in [-0.1, -0.05) is 24.6 Å². The van der Waals surface area contributed by atoms with Crippen molar-refractivity contribution in [3.05, 3.63) is 89.2 Å². The lowest BCUT2D eigenvalue weighted by Crippen LogP contribution is -2.47. The van der Waals surface area contributed by atoms with Gasteiger partial charge in [0.25, 0.3) is 0 Å². The molecule has 1 unspecified atom stereocenters. The van der Waals surface area contributed by atoms with Gasteiger partial charge in [-0.15, -0.1) is 0 Å². The van der Waals surface area contributed by atoms with E-state index in [9.17, 15) is 9.50 Å². The molecule has 3 aliphatic rings. The van der Waals surface area contributed by atoms with Crippen molar-refractivity contribution >= 4 is 5.69 Å². The molecule has 1 N–H and O–H groups in total. The van der Waals surface area contributed by atoms with Crippen LogP contribution in [0.25, 0.3) is 0 Å². The van der Waals surface area contributed by atoms with E-state index < -0.39 is 0 Å². The summed E-state index contributed by atoms with van der Waals surface area (Å²) in [7, 11) is 0. The van der Waals surface area contributed by atoms with Gasteiger partial charge in [-0.3, -0.25) is 4.90 Å². The smallest absolute Gasteiger partial charge is 0.123 e. The highest BCUT2D eigenvalue weighted by Crippen LogP contribution is 2.37. The van der Waals surface area contributed by atoms with Gasteiger partial charge >= 0.3 is 0 Å². The van der Waals surface area contributed by atoms with E-state index in [0.717, 1.165) is 43.4 Å². The van der Waals surface area contributed by atoms with Crippen LogP contribution in [0.3, 0.4) is 0 Å². The van der Waals surface area contributed by atoms with Crippen molar-refractivity contribution in [3.63, 3.8) is 0 Å². The zero-order valence-electron chi connectivity index (χ0n) is 23.5. The predicted octanol–water partition coefficient (Wildman–Crippen LogP) is 6.21. The average molecular weight is 544 g/mol. The Kier molecular flexibility index (Phi) is 8.54. The number of fused-ring (bicyclic) bond motifs is 1. The van der Waals surface area contributed by atoms with Crippen molar-refractivity contribution in [1.82, 2.24) is 9.80 Å². The Labute approximate surface area is 238 Å². The molecule has 3 heterocycles. The van der Waals surface area contributed by atoms with Crippen LogP contribution in [0.5, 0.6) is 11.5 Å². The van der Waals surface area contributed by atoms with Crippen LogP contribution in [0.2, 0.25) is 0 Å². The second-order valence-electron chi connectivity index (χ2n) is 11.7. The number of halogens is 1. The molecule has 1 atom stereocenters. The number of ether oxygens (including phenoxy) is 1. The number of anilines is 1. The number of hydrogen-bond donors (Lipinski definition) is 1. The second-order valence-corrected chi connectivity index (χ2v) is 11.7. The summed E-state index contributed by atoms with van der Waals surface area (Å²) in [6.07, 6.45) is 8.39. The molecule has 0 spiro atoms. The van der Waals surface area contributed by atoms with E-state index in [0.29, 0.717) is 12.4 Å². The largest absolute Gasteiger partial charge is 0.508 e. The number of phenolic OH excluding ortho intramolecular Hbond substituents is 1. The van der Waals surface area contributed by atoms with Crippen LogP contribution in [-0.2, 0) is 12.8 Å². The maximum atomic E-state index is 13.6. The third-order valence-electron chi connectivity index (χ3n) is 9.13. The van der Waals surface area contributed by atoms with Gasteiger partial charge in [0, 0.05) is 24.8 Å². The molecule has 0 aromatic heterocycles. The molecular formula is C34H42FN3O2. The predicted molar refractivity (Wildman–Crippen MR) is 159 cm³/mol. The molecule has 5 nitrogen and oxygen atoms in total. The van der Waals surface area contributed by atoms with Gasteiger partial charge in [0.2, 0.25) is 0 Å². The first kappa shape index (κ1) is 27.1. The highest BCUT2D eigenvalue weighted by molar-refractivity contribution is 5.53. The summed E-state index contributed by atoms with van der Waals surface area (Å²) < 4.78 is 19.8. The van der Waals surface area contributed by atoms with E-state index >= 15 is 0 Å². The maximum Gasteiger partial charge on any atom is 0.123 e. The highest BCUT2D eigenvalue weighted by Gasteiger charge is 2.28. The first-order chi connectivity index (χ1) is 19.6. The van der Waals surface area contributed by atoms with E-state index in [4.69, 9.17) is 4.74 Å². The molecule has 0 saturated carbocycles. The van der Waals surface area contributed by atoms with E-state index in [2.05, 4.69) is 39.0 Å². The maximum absolute atomic E-state index is 13.6. The van der Waals surface area contributed by atoms with E-state index in [1.54, 1.807) is 6.07 Å².